The Morgan fingerprint density at radius 1 is 1.06 bits per heavy atom. The van der Waals surface area contributed by atoms with E-state index in [9.17, 15) is 0 Å². The van der Waals surface area contributed by atoms with Crippen molar-refractivity contribution in [3.63, 3.8) is 0 Å². The summed E-state index contributed by atoms with van der Waals surface area (Å²) in [6.45, 7) is 6.06. The lowest BCUT2D eigenvalue weighted by atomic mass is 10.1. The molecule has 0 atom stereocenters. The van der Waals surface area contributed by atoms with Crippen molar-refractivity contribution < 1.29 is 4.74 Å². The highest BCUT2D eigenvalue weighted by molar-refractivity contribution is 7.17. The Labute approximate surface area is 208 Å². The van der Waals surface area contributed by atoms with E-state index >= 15 is 0 Å². The van der Waals surface area contributed by atoms with Gasteiger partial charge in [0, 0.05) is 37.0 Å². The van der Waals surface area contributed by atoms with Crippen LogP contribution in [0.25, 0.3) is 27.3 Å². The molecule has 0 bridgehead atoms. The molecule has 0 amide bonds. The lowest BCUT2D eigenvalue weighted by Crippen LogP contribution is -2.33. The van der Waals surface area contributed by atoms with Crippen molar-refractivity contribution >= 4 is 28.8 Å². The van der Waals surface area contributed by atoms with Crippen molar-refractivity contribution in [2.75, 3.05) is 26.2 Å². The molecule has 35 heavy (non-hydrogen) atoms. The fourth-order valence-electron chi connectivity index (χ4n) is 4.80. The van der Waals surface area contributed by atoms with Crippen molar-refractivity contribution in [3.8, 4) is 27.6 Å². The van der Waals surface area contributed by atoms with E-state index in [0.29, 0.717) is 6.61 Å². The summed E-state index contributed by atoms with van der Waals surface area (Å²) < 4.78 is 8.08. The fourth-order valence-corrected chi connectivity index (χ4v) is 5.99. The predicted octanol–water partition coefficient (Wildman–Crippen LogP) is 5.48. The van der Waals surface area contributed by atoms with Crippen LogP contribution in [0.3, 0.4) is 0 Å². The first kappa shape index (κ1) is 22.1. The van der Waals surface area contributed by atoms with E-state index in [0.717, 1.165) is 62.3 Å². The third-order valence-corrected chi connectivity index (χ3v) is 7.72. The molecule has 3 aromatic heterocycles. The second kappa shape index (κ2) is 9.71. The Balaban J connectivity index is 1.33. The number of aromatic nitrogens is 3. The monoisotopic (exact) mass is 484 g/mol. The number of ether oxygens (including phenoxy) is 1. The Bertz CT molecular complexity index is 1400. The van der Waals surface area contributed by atoms with Gasteiger partial charge in [0.1, 0.15) is 17.4 Å². The molecule has 0 unspecified atom stereocenters. The van der Waals surface area contributed by atoms with Gasteiger partial charge in [0.15, 0.2) is 0 Å². The number of hydrogen-bond donors (Lipinski definition) is 0. The largest absolute Gasteiger partial charge is 0.492 e. The van der Waals surface area contributed by atoms with Gasteiger partial charge in [-0.15, -0.1) is 11.3 Å². The highest BCUT2D eigenvalue weighted by atomic mass is 32.1. The molecule has 0 spiro atoms. The first-order valence-electron chi connectivity index (χ1n) is 12.3. The zero-order valence-corrected chi connectivity index (χ0v) is 20.7. The lowest BCUT2D eigenvalue weighted by molar-refractivity contribution is 0.183. The number of aryl methyl sites for hydroxylation is 1. The van der Waals surface area contributed by atoms with E-state index in [2.05, 4.69) is 33.3 Å². The number of piperidine rings is 1. The molecule has 8 heteroatoms. The summed E-state index contributed by atoms with van der Waals surface area (Å²) in [4.78, 5) is 8.67. The van der Waals surface area contributed by atoms with E-state index < -0.39 is 0 Å². The van der Waals surface area contributed by atoms with Gasteiger partial charge in [-0.1, -0.05) is 36.8 Å². The zero-order valence-electron chi connectivity index (χ0n) is 19.9. The molecule has 2 aliphatic heterocycles. The molecule has 1 fully saturated rings. The molecule has 1 saturated heterocycles. The van der Waals surface area contributed by atoms with Gasteiger partial charge in [0.05, 0.1) is 33.1 Å². The van der Waals surface area contributed by atoms with Gasteiger partial charge in [-0.2, -0.15) is 15.3 Å². The molecule has 178 valence electrons. The van der Waals surface area contributed by atoms with Gasteiger partial charge < -0.3 is 4.74 Å². The van der Waals surface area contributed by atoms with Crippen molar-refractivity contribution in [1.82, 2.24) is 19.5 Å². The van der Waals surface area contributed by atoms with Gasteiger partial charge in [-0.25, -0.2) is 9.50 Å². The maximum atomic E-state index is 6.16. The summed E-state index contributed by atoms with van der Waals surface area (Å²) in [7, 11) is 0. The number of benzene rings is 1. The van der Waals surface area contributed by atoms with Crippen LogP contribution in [-0.2, 0) is 0 Å². The summed E-state index contributed by atoms with van der Waals surface area (Å²) in [5, 5.41) is 14.2. The molecule has 6 rings (SSSR count). The van der Waals surface area contributed by atoms with E-state index in [1.54, 1.807) is 11.3 Å². The van der Waals surface area contributed by atoms with Gasteiger partial charge in [-0.3, -0.25) is 4.90 Å². The van der Waals surface area contributed by atoms with Crippen LogP contribution in [0.15, 0.2) is 58.9 Å². The van der Waals surface area contributed by atoms with E-state index in [1.165, 1.54) is 32.4 Å². The third-order valence-electron chi connectivity index (χ3n) is 6.60. The standard InChI is InChI=1S/C27H28N6OS/c1-19-24(23-18-21(11-15-33(23)31-19)34-17-16-32-13-6-3-7-14-32)27-29-25(20-8-4-2-5-9-20)26(35-27)22-10-12-28-30-22/h2,4-5,8-9,11-12,15,18H,3,6-7,10,13-14,16-17H2,1H3. The van der Waals surface area contributed by atoms with Crippen LogP contribution in [0.1, 0.15) is 36.3 Å². The van der Waals surface area contributed by atoms with E-state index in [-0.39, 0.29) is 0 Å². The van der Waals surface area contributed by atoms with Crippen LogP contribution < -0.4 is 4.74 Å². The van der Waals surface area contributed by atoms with E-state index in [4.69, 9.17) is 14.8 Å². The van der Waals surface area contributed by atoms with Crippen LogP contribution in [0.4, 0.5) is 0 Å². The topological polar surface area (TPSA) is 67.4 Å². The summed E-state index contributed by atoms with van der Waals surface area (Å²) >= 11 is 1.66. The van der Waals surface area contributed by atoms with Crippen molar-refractivity contribution in [1.29, 1.82) is 0 Å². The van der Waals surface area contributed by atoms with Gasteiger partial charge in [-0.05, 0) is 38.9 Å². The average molecular weight is 485 g/mol. The maximum Gasteiger partial charge on any atom is 0.128 e. The quantitative estimate of drug-likeness (QED) is 0.349. The molecular weight excluding hydrogens is 456 g/mol. The number of fused-ring (bicyclic) bond motifs is 1. The normalized spacial score (nSPS) is 16.2. The smallest absolute Gasteiger partial charge is 0.128 e. The first-order valence-corrected chi connectivity index (χ1v) is 13.1. The van der Waals surface area contributed by atoms with Crippen LogP contribution in [-0.4, -0.2) is 57.7 Å². The Kier molecular flexibility index (Phi) is 6.14. The second-order valence-electron chi connectivity index (χ2n) is 9.02. The molecule has 1 aromatic carbocycles. The molecule has 7 nitrogen and oxygen atoms in total. The second-order valence-corrected chi connectivity index (χ2v) is 10.0. The van der Waals surface area contributed by atoms with Crippen molar-refractivity contribution in [2.24, 2.45) is 10.2 Å². The Hall–Kier alpha value is -3.36. The van der Waals surface area contributed by atoms with Crippen LogP contribution in [0, 0.1) is 6.92 Å². The van der Waals surface area contributed by atoms with Crippen molar-refractivity contribution in [3.05, 3.63) is 59.2 Å². The minimum absolute atomic E-state index is 0.692. The SMILES string of the molecule is Cc1nn2ccc(OCCN3CCCCC3)cc2c1-c1nc(-c2ccccc2)c(C2=NN=CC2)s1. The maximum absolute atomic E-state index is 6.16. The average Bonchev–Trinajstić information content (AvgIpc) is 3.63. The summed E-state index contributed by atoms with van der Waals surface area (Å²) in [6, 6.07) is 14.4. The van der Waals surface area contributed by atoms with Gasteiger partial charge in [0.25, 0.3) is 0 Å². The van der Waals surface area contributed by atoms with Crippen LogP contribution in [0.5, 0.6) is 5.75 Å². The number of nitrogens with zero attached hydrogens (tertiary/aromatic N) is 6. The van der Waals surface area contributed by atoms with Crippen LogP contribution >= 0.6 is 11.3 Å². The minimum atomic E-state index is 0.692. The first-order chi connectivity index (χ1) is 17.3. The van der Waals surface area contributed by atoms with E-state index in [1.807, 2.05) is 48.1 Å². The summed E-state index contributed by atoms with van der Waals surface area (Å²) in [5.74, 6) is 0.865. The third kappa shape index (κ3) is 4.51. The fraction of sp³-hybridized carbons (Fsp3) is 0.333. The van der Waals surface area contributed by atoms with Crippen LogP contribution in [0.2, 0.25) is 0 Å². The summed E-state index contributed by atoms with van der Waals surface area (Å²) in [5.41, 5.74) is 5.98. The molecule has 4 aromatic rings. The molecular formula is C27H28N6OS. The molecule has 5 heterocycles. The zero-order chi connectivity index (χ0) is 23.6. The number of thiazole rings is 1. The van der Waals surface area contributed by atoms with Crippen molar-refractivity contribution in [2.45, 2.75) is 32.6 Å². The minimum Gasteiger partial charge on any atom is -0.492 e. The number of hydrogen-bond acceptors (Lipinski definition) is 7. The number of pyridine rings is 1. The lowest BCUT2D eigenvalue weighted by Gasteiger charge is -2.26. The number of likely N-dealkylation sites (tertiary alicyclic amines) is 1. The Morgan fingerprint density at radius 3 is 2.71 bits per heavy atom. The molecule has 0 N–H and O–H groups in total. The Morgan fingerprint density at radius 2 is 1.91 bits per heavy atom. The molecule has 0 saturated carbocycles. The molecule has 2 aliphatic rings. The highest BCUT2D eigenvalue weighted by Gasteiger charge is 2.23. The van der Waals surface area contributed by atoms with Gasteiger partial charge in [0.2, 0.25) is 0 Å². The summed E-state index contributed by atoms with van der Waals surface area (Å²) in [6.07, 6.45) is 8.49. The van der Waals surface area contributed by atoms with Gasteiger partial charge >= 0.3 is 0 Å². The highest BCUT2D eigenvalue weighted by Crippen LogP contribution is 2.39. The molecule has 0 aliphatic carbocycles. The predicted molar refractivity (Wildman–Crippen MR) is 142 cm³/mol. The number of rotatable bonds is 7. The molecule has 0 radical (unpaired) electrons.